The lowest BCUT2D eigenvalue weighted by atomic mass is 9.59. The number of phenolic OH excluding ortho intramolecular Hbond substituents is 1. The predicted octanol–water partition coefficient (Wildman–Crippen LogP) is 0.824. The molecule has 5 rings (SSSR count). The fourth-order valence-corrected chi connectivity index (χ4v) is 5.45. The molecule has 0 aliphatic heterocycles. The van der Waals surface area contributed by atoms with Crippen molar-refractivity contribution in [3.8, 4) is 16.9 Å². The van der Waals surface area contributed by atoms with E-state index in [0.717, 1.165) is 5.56 Å². The van der Waals surface area contributed by atoms with E-state index in [2.05, 4.69) is 5.10 Å². The molecule has 3 aliphatic rings. The van der Waals surface area contributed by atoms with Gasteiger partial charge >= 0.3 is 0 Å². The molecule has 1 aromatic heterocycles. The zero-order valence-corrected chi connectivity index (χ0v) is 17.6. The highest BCUT2D eigenvalue weighted by atomic mass is 16.3. The van der Waals surface area contributed by atoms with Gasteiger partial charge in [0.2, 0.25) is 5.78 Å². The minimum Gasteiger partial charge on any atom is -0.508 e. The number of ketones is 2. The number of amides is 1. The second kappa shape index (κ2) is 6.79. The van der Waals surface area contributed by atoms with Gasteiger partial charge in [-0.1, -0.05) is 6.07 Å². The molecule has 6 N–H and O–H groups in total. The van der Waals surface area contributed by atoms with Crippen molar-refractivity contribution in [3.63, 3.8) is 0 Å². The number of hydrogen-bond donors (Lipinski definition) is 5. The van der Waals surface area contributed by atoms with Crippen molar-refractivity contribution in [3.05, 3.63) is 52.6 Å². The number of carbonyl (C=O) groups excluding carboxylic acids is 3. The first-order valence-electron chi connectivity index (χ1n) is 10.4. The molecule has 3 atom stereocenters. The number of nitrogens with two attached hydrogens (primary N) is 1. The van der Waals surface area contributed by atoms with Gasteiger partial charge in [0.1, 0.15) is 22.8 Å². The second-order valence-electron chi connectivity index (χ2n) is 8.80. The molecule has 0 radical (unpaired) electrons. The van der Waals surface area contributed by atoms with Crippen LogP contribution in [-0.2, 0) is 27.9 Å². The lowest BCUT2D eigenvalue weighted by molar-refractivity contribution is -0.147. The number of aliphatic hydroxyl groups excluding tert-OH is 2. The third-order valence-corrected chi connectivity index (χ3v) is 6.96. The molecule has 1 fully saturated rings. The van der Waals surface area contributed by atoms with E-state index in [0.29, 0.717) is 11.1 Å². The Bertz CT molecular complexity index is 1340. The summed E-state index contributed by atoms with van der Waals surface area (Å²) in [6.07, 6.45) is 3.40. The van der Waals surface area contributed by atoms with E-state index in [9.17, 15) is 34.8 Å². The number of aliphatic hydroxyl groups is 3. The molecule has 170 valence electrons. The highest BCUT2D eigenvalue weighted by Crippen LogP contribution is 2.52. The number of aromatic hydroxyl groups is 1. The summed E-state index contributed by atoms with van der Waals surface area (Å²) < 4.78 is 1.61. The minimum atomic E-state index is -2.56. The van der Waals surface area contributed by atoms with E-state index in [-0.39, 0.29) is 36.1 Å². The molecule has 33 heavy (non-hydrogen) atoms. The third-order valence-electron chi connectivity index (χ3n) is 6.96. The number of Topliss-reactive ketones (excluding diaryl/α,β-unsaturated/α-hetero) is 2. The molecule has 1 heterocycles. The predicted molar refractivity (Wildman–Crippen MR) is 114 cm³/mol. The van der Waals surface area contributed by atoms with E-state index in [1.165, 1.54) is 6.07 Å². The Morgan fingerprint density at radius 2 is 1.94 bits per heavy atom. The average Bonchev–Trinajstić information content (AvgIpc) is 3.16. The number of hydrogen-bond acceptors (Lipinski definition) is 8. The number of aryl methyl sites for hydroxylation is 1. The summed E-state index contributed by atoms with van der Waals surface area (Å²) in [4.78, 5) is 37.6. The molecule has 3 unspecified atom stereocenters. The van der Waals surface area contributed by atoms with E-state index in [1.807, 2.05) is 0 Å². The van der Waals surface area contributed by atoms with Crippen molar-refractivity contribution in [2.24, 2.45) is 24.6 Å². The van der Waals surface area contributed by atoms with E-state index in [4.69, 9.17) is 5.73 Å². The van der Waals surface area contributed by atoms with Gasteiger partial charge in [-0.15, -0.1) is 0 Å². The zero-order valence-electron chi connectivity index (χ0n) is 17.6. The number of nitrogens with zero attached hydrogens (tertiary/aromatic N) is 2. The van der Waals surface area contributed by atoms with Gasteiger partial charge in [0, 0.05) is 36.7 Å². The van der Waals surface area contributed by atoms with E-state index < -0.39 is 52.0 Å². The standard InChI is InChI=1S/C23H21N3O7/c1-26-8-10(7-25-26)12-2-3-14(27)17-13(12)5-9-4-11-6-15(28)18(22(24)32)21(31)23(11,33)20(30)16(9)19(17)29/h2-3,7-9,11,27,29,31,33H,4-6H2,1H3,(H2,24,32). The van der Waals surface area contributed by atoms with Gasteiger partial charge in [-0.3, -0.25) is 19.1 Å². The Morgan fingerprint density at radius 1 is 1.21 bits per heavy atom. The number of aromatic nitrogens is 2. The molecule has 0 spiro atoms. The number of fused-ring (bicyclic) bond motifs is 3. The molecular formula is C23H21N3O7. The van der Waals surface area contributed by atoms with Crippen LogP contribution < -0.4 is 5.73 Å². The van der Waals surface area contributed by atoms with Gasteiger partial charge in [-0.2, -0.15) is 5.10 Å². The van der Waals surface area contributed by atoms with Crippen molar-refractivity contribution in [2.75, 3.05) is 0 Å². The van der Waals surface area contributed by atoms with Crippen LogP contribution in [0.4, 0.5) is 0 Å². The molecule has 1 amide bonds. The summed E-state index contributed by atoms with van der Waals surface area (Å²) >= 11 is 0. The molecule has 10 nitrogen and oxygen atoms in total. The van der Waals surface area contributed by atoms with Crippen LogP contribution in [0.3, 0.4) is 0 Å². The lowest BCUT2D eigenvalue weighted by Crippen LogP contribution is -2.58. The molecule has 0 bridgehead atoms. The highest BCUT2D eigenvalue weighted by Gasteiger charge is 2.60. The molecule has 3 aliphatic carbocycles. The molecular weight excluding hydrogens is 430 g/mol. The number of benzene rings is 1. The molecule has 2 aromatic rings. The summed E-state index contributed by atoms with van der Waals surface area (Å²) in [6, 6.07) is 3.09. The van der Waals surface area contributed by atoms with Crippen molar-refractivity contribution in [2.45, 2.75) is 24.9 Å². The Balaban J connectivity index is 1.71. The molecule has 10 heteroatoms. The van der Waals surface area contributed by atoms with Crippen LogP contribution in [0.15, 0.2) is 41.4 Å². The van der Waals surface area contributed by atoms with Crippen molar-refractivity contribution >= 4 is 23.2 Å². The summed E-state index contributed by atoms with van der Waals surface area (Å²) in [5.41, 5.74) is 3.79. The summed E-state index contributed by atoms with van der Waals surface area (Å²) in [5, 5.41) is 47.6. The smallest absolute Gasteiger partial charge is 0.255 e. The molecule has 0 saturated heterocycles. The Labute approximate surface area is 187 Å². The van der Waals surface area contributed by atoms with Crippen molar-refractivity contribution in [1.82, 2.24) is 9.78 Å². The number of phenols is 1. The van der Waals surface area contributed by atoms with Gasteiger partial charge in [0.15, 0.2) is 11.4 Å². The van der Waals surface area contributed by atoms with Crippen LogP contribution >= 0.6 is 0 Å². The first-order chi connectivity index (χ1) is 15.6. The number of primary amides is 1. The van der Waals surface area contributed by atoms with Crippen molar-refractivity contribution < 1.29 is 34.8 Å². The highest BCUT2D eigenvalue weighted by molar-refractivity contribution is 6.22. The lowest BCUT2D eigenvalue weighted by Gasteiger charge is -2.46. The number of carbonyl (C=O) groups is 3. The van der Waals surface area contributed by atoms with Gasteiger partial charge in [0.05, 0.1) is 11.8 Å². The van der Waals surface area contributed by atoms with Gasteiger partial charge < -0.3 is 26.2 Å². The van der Waals surface area contributed by atoms with Crippen LogP contribution in [0.1, 0.15) is 24.0 Å². The summed E-state index contributed by atoms with van der Waals surface area (Å²) in [5.74, 6) is -6.42. The Kier molecular flexibility index (Phi) is 4.31. The fraction of sp³-hybridized carbons (Fsp3) is 0.304. The largest absolute Gasteiger partial charge is 0.508 e. The van der Waals surface area contributed by atoms with E-state index >= 15 is 0 Å². The normalized spacial score (nSPS) is 26.7. The maximum atomic E-state index is 13.5. The first-order valence-corrected chi connectivity index (χ1v) is 10.4. The zero-order chi connectivity index (χ0) is 23.8. The maximum absolute atomic E-state index is 13.5. The van der Waals surface area contributed by atoms with Crippen LogP contribution in [0.5, 0.6) is 5.75 Å². The van der Waals surface area contributed by atoms with Crippen LogP contribution in [0.25, 0.3) is 16.9 Å². The van der Waals surface area contributed by atoms with Gasteiger partial charge in [-0.25, -0.2) is 0 Å². The SMILES string of the molecule is Cn1cc(-c2ccc(O)c3c2CC2CC4CC(=O)C(C(N)=O)=C(O)C4(O)C(=O)C2=C3O)cn1. The van der Waals surface area contributed by atoms with Crippen LogP contribution in [0, 0.1) is 11.8 Å². The topological polar surface area (TPSA) is 176 Å². The first kappa shape index (κ1) is 21.0. The Morgan fingerprint density at radius 3 is 2.58 bits per heavy atom. The minimum absolute atomic E-state index is 0.0588. The third kappa shape index (κ3) is 2.70. The Hall–Kier alpha value is -3.92. The van der Waals surface area contributed by atoms with E-state index in [1.54, 1.807) is 30.2 Å². The quantitative estimate of drug-likeness (QED) is 0.417. The van der Waals surface area contributed by atoms with Gasteiger partial charge in [0.25, 0.3) is 5.91 Å². The second-order valence-corrected chi connectivity index (χ2v) is 8.80. The van der Waals surface area contributed by atoms with Crippen LogP contribution in [-0.4, -0.2) is 53.3 Å². The monoisotopic (exact) mass is 451 g/mol. The number of rotatable bonds is 2. The summed E-state index contributed by atoms with van der Waals surface area (Å²) in [7, 11) is 1.76. The molecule has 1 saturated carbocycles. The fourth-order valence-electron chi connectivity index (χ4n) is 5.45. The van der Waals surface area contributed by atoms with Crippen molar-refractivity contribution in [1.29, 1.82) is 0 Å². The maximum Gasteiger partial charge on any atom is 0.255 e. The summed E-state index contributed by atoms with van der Waals surface area (Å²) in [6.45, 7) is 0. The average molecular weight is 451 g/mol. The molecule has 1 aromatic carbocycles. The van der Waals surface area contributed by atoms with Crippen LogP contribution in [0.2, 0.25) is 0 Å². The van der Waals surface area contributed by atoms with Gasteiger partial charge in [-0.05, 0) is 36.0 Å².